The molecule has 1 aliphatic heterocycles. The Morgan fingerprint density at radius 3 is 1.57 bits per heavy atom. The molecule has 104 valence electrons. The number of hydrogen-bond donors (Lipinski definition) is 0. The Morgan fingerprint density at radius 1 is 0.762 bits per heavy atom. The standard InChI is InChI=1S/C14H8N2O5/c17-15(18)11-3-5-13-9(7-11)1-2-10-8-12(16(19)20)4-6-14(10)21-13/h1-8H. The van der Waals surface area contributed by atoms with Crippen molar-refractivity contribution in [2.75, 3.05) is 0 Å². The number of ether oxygens (including phenoxy) is 1. The molecule has 0 radical (unpaired) electrons. The first-order chi connectivity index (χ1) is 10.0. The van der Waals surface area contributed by atoms with Gasteiger partial charge in [0.25, 0.3) is 11.4 Å². The zero-order valence-electron chi connectivity index (χ0n) is 10.6. The lowest BCUT2D eigenvalue weighted by Gasteiger charge is -2.08. The summed E-state index contributed by atoms with van der Waals surface area (Å²) >= 11 is 0. The second-order valence-corrected chi connectivity index (χ2v) is 4.39. The first-order valence-electron chi connectivity index (χ1n) is 5.97. The minimum absolute atomic E-state index is 0.0427. The first-order valence-corrected chi connectivity index (χ1v) is 5.97. The fourth-order valence-electron chi connectivity index (χ4n) is 2.04. The molecule has 0 aromatic heterocycles. The van der Waals surface area contributed by atoms with E-state index < -0.39 is 9.85 Å². The molecule has 0 saturated carbocycles. The average molecular weight is 284 g/mol. The lowest BCUT2D eigenvalue weighted by Crippen LogP contribution is -1.92. The van der Waals surface area contributed by atoms with Crippen molar-refractivity contribution in [3.63, 3.8) is 0 Å². The van der Waals surface area contributed by atoms with Crippen LogP contribution in [0, 0.1) is 20.2 Å². The zero-order chi connectivity index (χ0) is 15.0. The molecule has 1 heterocycles. The van der Waals surface area contributed by atoms with E-state index in [-0.39, 0.29) is 11.4 Å². The Kier molecular flexibility index (Phi) is 2.87. The Balaban J connectivity index is 2.08. The van der Waals surface area contributed by atoms with Crippen molar-refractivity contribution < 1.29 is 14.6 Å². The molecular weight excluding hydrogens is 276 g/mol. The van der Waals surface area contributed by atoms with Gasteiger partial charge in [0.15, 0.2) is 0 Å². The summed E-state index contributed by atoms with van der Waals surface area (Å²) in [5, 5.41) is 21.6. The molecule has 0 fully saturated rings. The highest BCUT2D eigenvalue weighted by Crippen LogP contribution is 2.36. The molecule has 0 bridgehead atoms. The molecule has 0 spiro atoms. The summed E-state index contributed by atoms with van der Waals surface area (Å²) in [5.41, 5.74) is 1.00. The maximum atomic E-state index is 10.8. The molecule has 7 heteroatoms. The van der Waals surface area contributed by atoms with Crippen molar-refractivity contribution in [1.82, 2.24) is 0 Å². The fraction of sp³-hybridized carbons (Fsp3) is 0. The van der Waals surface area contributed by atoms with E-state index in [4.69, 9.17) is 4.74 Å². The summed E-state index contributed by atoms with van der Waals surface area (Å²) in [7, 11) is 0. The zero-order valence-corrected chi connectivity index (χ0v) is 10.6. The number of nitro benzene ring substituents is 2. The number of fused-ring (bicyclic) bond motifs is 2. The van der Waals surface area contributed by atoms with Crippen LogP contribution >= 0.6 is 0 Å². The van der Waals surface area contributed by atoms with Crippen molar-refractivity contribution >= 4 is 23.5 Å². The third-order valence-electron chi connectivity index (χ3n) is 3.07. The molecule has 0 saturated heterocycles. The minimum atomic E-state index is -0.489. The van der Waals surface area contributed by atoms with E-state index in [2.05, 4.69) is 0 Å². The highest BCUT2D eigenvalue weighted by molar-refractivity contribution is 5.79. The second-order valence-electron chi connectivity index (χ2n) is 4.39. The van der Waals surface area contributed by atoms with E-state index in [0.29, 0.717) is 22.6 Å². The van der Waals surface area contributed by atoms with E-state index in [1.54, 1.807) is 12.2 Å². The van der Waals surface area contributed by atoms with Crippen LogP contribution in [0.25, 0.3) is 12.2 Å². The van der Waals surface area contributed by atoms with Crippen LogP contribution in [-0.2, 0) is 0 Å². The predicted octanol–water partition coefficient (Wildman–Crippen LogP) is 3.78. The summed E-state index contributed by atoms with van der Waals surface area (Å²) in [5.74, 6) is 0.925. The van der Waals surface area contributed by atoms with Crippen LogP contribution in [0.2, 0.25) is 0 Å². The number of benzene rings is 2. The number of nitrogens with zero attached hydrogens (tertiary/aromatic N) is 2. The number of non-ortho nitro benzene ring substituents is 2. The van der Waals surface area contributed by atoms with Gasteiger partial charge in [-0.2, -0.15) is 0 Å². The van der Waals surface area contributed by atoms with Gasteiger partial charge in [0, 0.05) is 35.4 Å². The summed E-state index contributed by atoms with van der Waals surface area (Å²) < 4.78 is 5.66. The normalized spacial score (nSPS) is 11.8. The SMILES string of the molecule is O=[N+]([O-])c1ccc2c(c1)C=Cc1cc([N+](=O)[O-])ccc1O2. The van der Waals surface area contributed by atoms with Gasteiger partial charge < -0.3 is 4.74 Å². The van der Waals surface area contributed by atoms with Crippen molar-refractivity contribution in [3.05, 3.63) is 67.8 Å². The van der Waals surface area contributed by atoms with Crippen molar-refractivity contribution in [2.45, 2.75) is 0 Å². The molecule has 0 N–H and O–H groups in total. The molecule has 0 aliphatic carbocycles. The Labute approximate surface area is 118 Å². The largest absolute Gasteiger partial charge is 0.456 e. The summed E-state index contributed by atoms with van der Waals surface area (Å²) in [6.45, 7) is 0. The molecule has 3 rings (SSSR count). The number of rotatable bonds is 2. The molecule has 0 atom stereocenters. The van der Waals surface area contributed by atoms with Crippen LogP contribution in [0.15, 0.2) is 36.4 Å². The monoisotopic (exact) mass is 284 g/mol. The van der Waals surface area contributed by atoms with Crippen LogP contribution in [-0.4, -0.2) is 9.85 Å². The quantitative estimate of drug-likeness (QED) is 0.527. The van der Waals surface area contributed by atoms with E-state index in [0.717, 1.165) is 0 Å². The van der Waals surface area contributed by atoms with Gasteiger partial charge in [0.2, 0.25) is 0 Å². The lowest BCUT2D eigenvalue weighted by atomic mass is 10.1. The highest BCUT2D eigenvalue weighted by Gasteiger charge is 2.16. The third kappa shape index (κ3) is 2.32. The summed E-state index contributed by atoms with van der Waals surface area (Å²) in [6, 6.07) is 8.51. The molecule has 0 unspecified atom stereocenters. The fourth-order valence-corrected chi connectivity index (χ4v) is 2.04. The Hall–Kier alpha value is -3.22. The van der Waals surface area contributed by atoms with E-state index in [1.807, 2.05) is 0 Å². The molecular formula is C14H8N2O5. The molecule has 2 aromatic rings. The maximum Gasteiger partial charge on any atom is 0.270 e. The minimum Gasteiger partial charge on any atom is -0.456 e. The van der Waals surface area contributed by atoms with Crippen LogP contribution in [0.4, 0.5) is 11.4 Å². The Bertz CT molecular complexity index is 732. The van der Waals surface area contributed by atoms with Gasteiger partial charge in [0.1, 0.15) is 11.5 Å². The topological polar surface area (TPSA) is 95.5 Å². The van der Waals surface area contributed by atoms with Gasteiger partial charge in [-0.15, -0.1) is 0 Å². The first kappa shape index (κ1) is 12.8. The van der Waals surface area contributed by atoms with E-state index in [9.17, 15) is 20.2 Å². The van der Waals surface area contributed by atoms with Gasteiger partial charge >= 0.3 is 0 Å². The summed E-state index contributed by atoms with van der Waals surface area (Å²) in [6.07, 6.45) is 3.27. The van der Waals surface area contributed by atoms with Crippen LogP contribution in [0.5, 0.6) is 11.5 Å². The maximum absolute atomic E-state index is 10.8. The number of hydrogen-bond acceptors (Lipinski definition) is 5. The molecule has 7 nitrogen and oxygen atoms in total. The van der Waals surface area contributed by atoms with Crippen LogP contribution < -0.4 is 4.74 Å². The lowest BCUT2D eigenvalue weighted by molar-refractivity contribution is -0.385. The van der Waals surface area contributed by atoms with Gasteiger partial charge in [-0.1, -0.05) is 12.2 Å². The molecule has 2 aromatic carbocycles. The Morgan fingerprint density at radius 2 is 1.19 bits per heavy atom. The molecule has 1 aliphatic rings. The van der Waals surface area contributed by atoms with E-state index >= 15 is 0 Å². The van der Waals surface area contributed by atoms with Crippen LogP contribution in [0.3, 0.4) is 0 Å². The average Bonchev–Trinajstić information content (AvgIpc) is 2.64. The molecule has 0 amide bonds. The predicted molar refractivity (Wildman–Crippen MR) is 75.2 cm³/mol. The van der Waals surface area contributed by atoms with E-state index in [1.165, 1.54) is 36.4 Å². The van der Waals surface area contributed by atoms with Crippen molar-refractivity contribution in [2.24, 2.45) is 0 Å². The smallest absolute Gasteiger partial charge is 0.270 e. The van der Waals surface area contributed by atoms with Crippen molar-refractivity contribution in [1.29, 1.82) is 0 Å². The van der Waals surface area contributed by atoms with Crippen molar-refractivity contribution in [3.8, 4) is 11.5 Å². The second kappa shape index (κ2) is 4.71. The van der Waals surface area contributed by atoms with Gasteiger partial charge in [-0.3, -0.25) is 20.2 Å². The van der Waals surface area contributed by atoms with Gasteiger partial charge in [-0.25, -0.2) is 0 Å². The number of nitro groups is 2. The van der Waals surface area contributed by atoms with Gasteiger partial charge in [-0.05, 0) is 12.1 Å². The summed E-state index contributed by atoms with van der Waals surface area (Å²) in [4.78, 5) is 20.6. The third-order valence-corrected chi connectivity index (χ3v) is 3.07. The van der Waals surface area contributed by atoms with Gasteiger partial charge in [0.05, 0.1) is 9.85 Å². The van der Waals surface area contributed by atoms with Crippen LogP contribution in [0.1, 0.15) is 11.1 Å². The molecule has 21 heavy (non-hydrogen) atoms. The highest BCUT2D eigenvalue weighted by atomic mass is 16.6.